The predicted octanol–water partition coefficient (Wildman–Crippen LogP) is -0.123. The van der Waals surface area contributed by atoms with Gasteiger partial charge in [-0.2, -0.15) is 9.40 Å². The summed E-state index contributed by atoms with van der Waals surface area (Å²) in [6.45, 7) is 4.53. The lowest BCUT2D eigenvalue weighted by Gasteiger charge is -2.17. The fourth-order valence-corrected chi connectivity index (χ4v) is 3.24. The number of sulfonamides is 1. The zero-order valence-corrected chi connectivity index (χ0v) is 11.8. The Hall–Kier alpha value is -0.920. The predicted molar refractivity (Wildman–Crippen MR) is 66.4 cm³/mol. The third-order valence-electron chi connectivity index (χ3n) is 2.79. The van der Waals surface area contributed by atoms with Crippen molar-refractivity contribution < 1.29 is 8.42 Å². The van der Waals surface area contributed by atoms with Crippen LogP contribution < -0.4 is 5.32 Å². The third-order valence-corrected chi connectivity index (χ3v) is 4.90. The fourth-order valence-electron chi connectivity index (χ4n) is 1.67. The van der Waals surface area contributed by atoms with Crippen LogP contribution >= 0.6 is 0 Å². The maximum absolute atomic E-state index is 12.3. The summed E-state index contributed by atoms with van der Waals surface area (Å²) in [7, 11) is 1.68. The van der Waals surface area contributed by atoms with Crippen molar-refractivity contribution in [3.05, 3.63) is 11.4 Å². The van der Waals surface area contributed by atoms with Crippen LogP contribution in [-0.4, -0.2) is 49.7 Å². The number of nitrogens with zero attached hydrogens (tertiary/aromatic N) is 3. The van der Waals surface area contributed by atoms with E-state index < -0.39 is 10.0 Å². The zero-order valence-electron chi connectivity index (χ0n) is 11.0. The van der Waals surface area contributed by atoms with Crippen LogP contribution in [0.4, 0.5) is 0 Å². The van der Waals surface area contributed by atoms with Crippen LogP contribution in [0, 0.1) is 13.8 Å². The van der Waals surface area contributed by atoms with Crippen LogP contribution in [0.3, 0.4) is 0 Å². The highest BCUT2D eigenvalue weighted by molar-refractivity contribution is 7.89. The first kappa shape index (κ1) is 14.1. The molecule has 0 aliphatic rings. The Balaban J connectivity index is 3.13. The first-order valence-electron chi connectivity index (χ1n) is 5.43. The second-order valence-electron chi connectivity index (χ2n) is 4.05. The minimum Gasteiger partial charge on any atom is -0.318 e. The fraction of sp³-hybridized carbons (Fsp3) is 0.700. The van der Waals surface area contributed by atoms with Crippen LogP contribution in [-0.2, 0) is 17.1 Å². The summed E-state index contributed by atoms with van der Waals surface area (Å²) < 4.78 is 27.6. The zero-order chi connectivity index (χ0) is 13.2. The van der Waals surface area contributed by atoms with Crippen molar-refractivity contribution in [2.24, 2.45) is 7.05 Å². The topological polar surface area (TPSA) is 67.2 Å². The SMILES string of the molecule is CNCCN(C)S(=O)(=O)c1c(C)nn(C)c1C. The molecule has 0 saturated heterocycles. The van der Waals surface area contributed by atoms with Crippen molar-refractivity contribution in [1.82, 2.24) is 19.4 Å². The van der Waals surface area contributed by atoms with Gasteiger partial charge in [-0.05, 0) is 20.9 Å². The summed E-state index contributed by atoms with van der Waals surface area (Å²) in [4.78, 5) is 0.318. The minimum absolute atomic E-state index is 0.318. The Morgan fingerprint density at radius 2 is 2.00 bits per heavy atom. The molecular formula is C10H20N4O2S. The molecule has 7 heteroatoms. The van der Waals surface area contributed by atoms with Gasteiger partial charge in [-0.25, -0.2) is 8.42 Å². The first-order chi connectivity index (χ1) is 7.82. The molecule has 1 rings (SSSR count). The third kappa shape index (κ3) is 2.67. The smallest absolute Gasteiger partial charge is 0.246 e. The molecule has 6 nitrogen and oxygen atoms in total. The molecule has 1 aromatic rings. The van der Waals surface area contributed by atoms with Crippen molar-refractivity contribution in [3.63, 3.8) is 0 Å². The molecule has 98 valence electrons. The van der Waals surface area contributed by atoms with Gasteiger partial charge in [0.25, 0.3) is 0 Å². The maximum Gasteiger partial charge on any atom is 0.246 e. The van der Waals surface area contributed by atoms with Crippen molar-refractivity contribution >= 4 is 10.0 Å². The molecule has 0 aromatic carbocycles. The number of rotatable bonds is 5. The summed E-state index contributed by atoms with van der Waals surface area (Å²) in [6.07, 6.45) is 0. The largest absolute Gasteiger partial charge is 0.318 e. The average molecular weight is 260 g/mol. The molecule has 0 spiro atoms. The van der Waals surface area contributed by atoms with Crippen LogP contribution in [0.15, 0.2) is 4.90 Å². The van der Waals surface area contributed by atoms with E-state index in [0.29, 0.717) is 29.4 Å². The van der Waals surface area contributed by atoms with E-state index in [9.17, 15) is 8.42 Å². The van der Waals surface area contributed by atoms with E-state index >= 15 is 0 Å². The Kier molecular flexibility index (Phi) is 4.29. The van der Waals surface area contributed by atoms with Crippen LogP contribution in [0.25, 0.3) is 0 Å². The Bertz CT molecular complexity index is 493. The summed E-state index contributed by atoms with van der Waals surface area (Å²) in [5, 5.41) is 7.06. The molecule has 0 fully saturated rings. The van der Waals surface area contributed by atoms with Crippen LogP contribution in [0.2, 0.25) is 0 Å². The van der Waals surface area contributed by atoms with Gasteiger partial charge >= 0.3 is 0 Å². The maximum atomic E-state index is 12.3. The van der Waals surface area contributed by atoms with Gasteiger partial charge in [-0.3, -0.25) is 4.68 Å². The van der Waals surface area contributed by atoms with Crippen molar-refractivity contribution in [2.75, 3.05) is 27.2 Å². The molecule has 0 amide bonds. The lowest BCUT2D eigenvalue weighted by molar-refractivity contribution is 0.465. The van der Waals surface area contributed by atoms with Gasteiger partial charge in [0.1, 0.15) is 4.90 Å². The van der Waals surface area contributed by atoms with Crippen molar-refractivity contribution in [3.8, 4) is 0 Å². The van der Waals surface area contributed by atoms with E-state index in [1.165, 1.54) is 4.31 Å². The normalized spacial score (nSPS) is 12.4. The van der Waals surface area contributed by atoms with E-state index in [0.717, 1.165) is 0 Å². The molecule has 1 heterocycles. The van der Waals surface area contributed by atoms with Crippen molar-refractivity contribution in [2.45, 2.75) is 18.7 Å². The van der Waals surface area contributed by atoms with E-state index in [-0.39, 0.29) is 0 Å². The van der Waals surface area contributed by atoms with Crippen LogP contribution in [0.5, 0.6) is 0 Å². The van der Waals surface area contributed by atoms with E-state index in [4.69, 9.17) is 0 Å². The lowest BCUT2D eigenvalue weighted by atomic mass is 10.4. The highest BCUT2D eigenvalue weighted by atomic mass is 32.2. The van der Waals surface area contributed by atoms with Gasteiger partial charge < -0.3 is 5.32 Å². The van der Waals surface area contributed by atoms with E-state index in [2.05, 4.69) is 10.4 Å². The highest BCUT2D eigenvalue weighted by Gasteiger charge is 2.27. The van der Waals surface area contributed by atoms with E-state index in [1.807, 2.05) is 0 Å². The van der Waals surface area contributed by atoms with E-state index in [1.54, 1.807) is 39.7 Å². The van der Waals surface area contributed by atoms with Crippen LogP contribution in [0.1, 0.15) is 11.4 Å². The molecule has 17 heavy (non-hydrogen) atoms. The van der Waals surface area contributed by atoms with Gasteiger partial charge in [0.2, 0.25) is 10.0 Å². The monoisotopic (exact) mass is 260 g/mol. The lowest BCUT2D eigenvalue weighted by Crippen LogP contribution is -2.33. The standard InChI is InChI=1S/C10H20N4O2S/c1-8-10(9(2)14(5)12-8)17(15,16)13(4)7-6-11-3/h11H,6-7H2,1-5H3. The number of aromatic nitrogens is 2. The number of hydrogen-bond donors (Lipinski definition) is 1. The second-order valence-corrected chi connectivity index (χ2v) is 6.04. The molecule has 0 aliphatic carbocycles. The number of hydrogen-bond acceptors (Lipinski definition) is 4. The first-order valence-corrected chi connectivity index (χ1v) is 6.87. The van der Waals surface area contributed by atoms with Gasteiger partial charge in [0.15, 0.2) is 0 Å². The van der Waals surface area contributed by atoms with Gasteiger partial charge in [-0.15, -0.1) is 0 Å². The number of aryl methyl sites for hydroxylation is 2. The van der Waals surface area contributed by atoms with Gasteiger partial charge in [-0.1, -0.05) is 0 Å². The summed E-state index contributed by atoms with van der Waals surface area (Å²) in [5.41, 5.74) is 1.21. The molecule has 1 aromatic heterocycles. The molecule has 0 saturated carbocycles. The number of nitrogens with one attached hydrogen (secondary N) is 1. The molecule has 0 radical (unpaired) electrons. The second kappa shape index (κ2) is 5.16. The summed E-state index contributed by atoms with van der Waals surface area (Å²) in [5.74, 6) is 0. The Labute approximate surface area is 103 Å². The molecule has 0 atom stereocenters. The Morgan fingerprint density at radius 1 is 1.41 bits per heavy atom. The average Bonchev–Trinajstić information content (AvgIpc) is 2.49. The number of likely N-dealkylation sites (N-methyl/N-ethyl adjacent to an activating group) is 2. The summed E-state index contributed by atoms with van der Waals surface area (Å²) in [6, 6.07) is 0. The molecule has 0 aliphatic heterocycles. The van der Waals surface area contributed by atoms with Gasteiger partial charge in [0, 0.05) is 27.2 Å². The highest BCUT2D eigenvalue weighted by Crippen LogP contribution is 2.21. The molecular weight excluding hydrogens is 240 g/mol. The van der Waals surface area contributed by atoms with Crippen molar-refractivity contribution in [1.29, 1.82) is 0 Å². The summed E-state index contributed by atoms with van der Waals surface area (Å²) >= 11 is 0. The molecule has 0 bridgehead atoms. The quantitative estimate of drug-likeness (QED) is 0.801. The minimum atomic E-state index is -3.44. The molecule has 0 unspecified atom stereocenters. The van der Waals surface area contributed by atoms with Gasteiger partial charge in [0.05, 0.1) is 11.4 Å². The molecule has 1 N–H and O–H groups in total. The Morgan fingerprint density at radius 3 is 2.41 bits per heavy atom.